The Bertz CT molecular complexity index is 1090. The Morgan fingerprint density at radius 1 is 1.15 bits per heavy atom. The molecule has 1 heterocycles. The monoisotopic (exact) mass is 390 g/mol. The molecule has 0 aliphatic rings. The first-order chi connectivity index (χ1) is 12.8. The number of fused-ring (bicyclic) bond motifs is 1. The molecule has 0 aliphatic heterocycles. The summed E-state index contributed by atoms with van der Waals surface area (Å²) in [6, 6.07) is 8.91. The number of hydrogen-bond donors (Lipinski definition) is 1. The van der Waals surface area contributed by atoms with Gasteiger partial charge in [-0.2, -0.15) is 0 Å². The van der Waals surface area contributed by atoms with E-state index in [0.29, 0.717) is 29.0 Å². The predicted molar refractivity (Wildman–Crippen MR) is 101 cm³/mol. The molecule has 3 aromatic rings. The van der Waals surface area contributed by atoms with E-state index < -0.39 is 15.8 Å². The summed E-state index contributed by atoms with van der Waals surface area (Å²) < 4.78 is 45.5. The number of nitrogens with one attached hydrogen (secondary N) is 1. The first-order valence-electron chi connectivity index (χ1n) is 8.19. The summed E-state index contributed by atoms with van der Waals surface area (Å²) in [5, 5.41) is 3.53. The molecule has 2 aromatic carbocycles. The molecule has 0 saturated carbocycles. The summed E-state index contributed by atoms with van der Waals surface area (Å²) in [6.07, 6.45) is 1.36. The van der Waals surface area contributed by atoms with Gasteiger partial charge in [0, 0.05) is 25.2 Å². The second-order valence-electron chi connectivity index (χ2n) is 5.89. The maximum Gasteiger partial charge on any atom is 0.246 e. The van der Waals surface area contributed by atoms with Gasteiger partial charge < -0.3 is 10.1 Å². The van der Waals surface area contributed by atoms with E-state index in [-0.39, 0.29) is 10.6 Å². The fourth-order valence-corrected chi connectivity index (χ4v) is 3.57. The summed E-state index contributed by atoms with van der Waals surface area (Å²) >= 11 is 0. The zero-order valence-corrected chi connectivity index (χ0v) is 15.9. The van der Waals surface area contributed by atoms with Gasteiger partial charge in [-0.3, -0.25) is 0 Å². The molecule has 0 spiro atoms. The van der Waals surface area contributed by atoms with E-state index in [1.165, 1.54) is 38.6 Å². The highest BCUT2D eigenvalue weighted by Crippen LogP contribution is 2.31. The van der Waals surface area contributed by atoms with Crippen LogP contribution in [0.15, 0.2) is 47.6 Å². The molecule has 0 aliphatic carbocycles. The molecule has 1 aromatic heterocycles. The second kappa shape index (κ2) is 7.45. The summed E-state index contributed by atoms with van der Waals surface area (Å²) in [5.74, 6) is 0.218. The average molecular weight is 390 g/mol. The highest BCUT2D eigenvalue weighted by molar-refractivity contribution is 7.89. The molecule has 3 rings (SSSR count). The topological polar surface area (TPSA) is 84.4 Å². The van der Waals surface area contributed by atoms with Crippen LogP contribution in [0, 0.1) is 5.82 Å². The molecule has 9 heteroatoms. The van der Waals surface area contributed by atoms with Crippen molar-refractivity contribution in [2.24, 2.45) is 0 Å². The molecule has 0 bridgehead atoms. The van der Waals surface area contributed by atoms with Crippen LogP contribution in [0.1, 0.15) is 6.92 Å². The molecule has 142 valence electrons. The van der Waals surface area contributed by atoms with E-state index in [1.54, 1.807) is 25.1 Å². The van der Waals surface area contributed by atoms with Gasteiger partial charge in [0.15, 0.2) is 0 Å². The SMILES string of the molecule is CCOc1ccc(Nc2ncnc3ccc(F)cc23)cc1S(=O)(=O)N(C)C. The maximum absolute atomic E-state index is 13.6. The second-order valence-corrected chi connectivity index (χ2v) is 8.01. The molecule has 0 fully saturated rings. The minimum atomic E-state index is -3.72. The lowest BCUT2D eigenvalue weighted by Crippen LogP contribution is -2.23. The van der Waals surface area contributed by atoms with Crippen LogP contribution >= 0.6 is 0 Å². The number of ether oxygens (including phenoxy) is 1. The van der Waals surface area contributed by atoms with E-state index in [2.05, 4.69) is 15.3 Å². The molecule has 7 nitrogen and oxygen atoms in total. The molecule has 27 heavy (non-hydrogen) atoms. The average Bonchev–Trinajstić information content (AvgIpc) is 2.63. The minimum absolute atomic E-state index is 0.0314. The summed E-state index contributed by atoms with van der Waals surface area (Å²) in [7, 11) is -0.818. The lowest BCUT2D eigenvalue weighted by Gasteiger charge is -2.17. The molecule has 0 atom stereocenters. The van der Waals surface area contributed by atoms with E-state index in [9.17, 15) is 12.8 Å². The molecular weight excluding hydrogens is 371 g/mol. The van der Waals surface area contributed by atoms with Crippen molar-refractivity contribution >= 4 is 32.4 Å². The molecule has 0 unspecified atom stereocenters. The number of aromatic nitrogens is 2. The summed E-state index contributed by atoms with van der Waals surface area (Å²) in [6.45, 7) is 2.11. The van der Waals surface area contributed by atoms with Crippen LogP contribution in [0.25, 0.3) is 10.9 Å². The third-order valence-corrected chi connectivity index (χ3v) is 5.70. The van der Waals surface area contributed by atoms with Crippen molar-refractivity contribution in [3.05, 3.63) is 48.5 Å². The Hall–Kier alpha value is -2.78. The van der Waals surface area contributed by atoms with Crippen molar-refractivity contribution in [2.45, 2.75) is 11.8 Å². The largest absolute Gasteiger partial charge is 0.492 e. The quantitative estimate of drug-likeness (QED) is 0.696. The van der Waals surface area contributed by atoms with Crippen LogP contribution in [0.5, 0.6) is 5.75 Å². The Morgan fingerprint density at radius 3 is 2.63 bits per heavy atom. The molecule has 0 amide bonds. The number of hydrogen-bond acceptors (Lipinski definition) is 6. The van der Waals surface area contributed by atoms with Crippen LogP contribution in [0.3, 0.4) is 0 Å². The van der Waals surface area contributed by atoms with Gasteiger partial charge in [-0.15, -0.1) is 0 Å². The number of nitrogens with zero attached hydrogens (tertiary/aromatic N) is 3. The van der Waals surface area contributed by atoms with Crippen LogP contribution in [-0.4, -0.2) is 43.4 Å². The minimum Gasteiger partial charge on any atom is -0.492 e. The van der Waals surface area contributed by atoms with Crippen LogP contribution in [0.4, 0.5) is 15.9 Å². The van der Waals surface area contributed by atoms with E-state index >= 15 is 0 Å². The van der Waals surface area contributed by atoms with Crippen molar-refractivity contribution in [3.8, 4) is 5.75 Å². The number of rotatable bonds is 6. The van der Waals surface area contributed by atoms with Gasteiger partial charge in [-0.05, 0) is 43.3 Å². The van der Waals surface area contributed by atoms with Crippen LogP contribution in [0.2, 0.25) is 0 Å². The smallest absolute Gasteiger partial charge is 0.246 e. The molecular formula is C18H19FN4O3S. The van der Waals surface area contributed by atoms with Gasteiger partial charge in [0.1, 0.15) is 28.6 Å². The standard InChI is InChI=1S/C18H19FN4O3S/c1-4-26-16-8-6-13(10-17(16)27(24,25)23(2)3)22-18-14-9-12(19)5-7-15(14)20-11-21-18/h5-11H,4H2,1-3H3,(H,20,21,22). The highest BCUT2D eigenvalue weighted by Gasteiger charge is 2.23. The number of benzene rings is 2. The van der Waals surface area contributed by atoms with Crippen molar-refractivity contribution in [1.82, 2.24) is 14.3 Å². The first-order valence-corrected chi connectivity index (χ1v) is 9.63. The third kappa shape index (κ3) is 3.83. The summed E-state index contributed by atoms with van der Waals surface area (Å²) in [4.78, 5) is 8.28. The van der Waals surface area contributed by atoms with Crippen molar-refractivity contribution in [3.63, 3.8) is 0 Å². The maximum atomic E-state index is 13.6. The fourth-order valence-electron chi connectivity index (χ4n) is 2.52. The van der Waals surface area contributed by atoms with Gasteiger partial charge in [-0.25, -0.2) is 27.1 Å². The fraction of sp³-hybridized carbons (Fsp3) is 0.222. The molecule has 1 N–H and O–H groups in total. The Labute approximate surface area is 156 Å². The Kier molecular flexibility index (Phi) is 5.24. The predicted octanol–water partition coefficient (Wildman–Crippen LogP) is 3.16. The lowest BCUT2D eigenvalue weighted by atomic mass is 10.2. The van der Waals surface area contributed by atoms with Gasteiger partial charge in [0.2, 0.25) is 10.0 Å². The zero-order valence-electron chi connectivity index (χ0n) is 15.1. The van der Waals surface area contributed by atoms with Crippen molar-refractivity contribution in [1.29, 1.82) is 0 Å². The molecule has 0 saturated heterocycles. The Morgan fingerprint density at radius 2 is 1.93 bits per heavy atom. The van der Waals surface area contributed by atoms with E-state index in [1.807, 2.05) is 0 Å². The molecule has 0 radical (unpaired) electrons. The highest BCUT2D eigenvalue weighted by atomic mass is 32.2. The van der Waals surface area contributed by atoms with Gasteiger partial charge in [0.25, 0.3) is 0 Å². The van der Waals surface area contributed by atoms with Crippen molar-refractivity contribution < 1.29 is 17.5 Å². The van der Waals surface area contributed by atoms with Crippen molar-refractivity contribution in [2.75, 3.05) is 26.0 Å². The lowest BCUT2D eigenvalue weighted by molar-refractivity contribution is 0.330. The third-order valence-electron chi connectivity index (χ3n) is 3.86. The van der Waals surface area contributed by atoms with Gasteiger partial charge in [-0.1, -0.05) is 0 Å². The van der Waals surface area contributed by atoms with E-state index in [0.717, 1.165) is 4.31 Å². The van der Waals surface area contributed by atoms with Gasteiger partial charge in [0.05, 0.1) is 12.1 Å². The van der Waals surface area contributed by atoms with Gasteiger partial charge >= 0.3 is 0 Å². The van der Waals surface area contributed by atoms with Crippen LogP contribution in [-0.2, 0) is 10.0 Å². The normalized spacial score (nSPS) is 11.7. The number of anilines is 2. The van der Waals surface area contributed by atoms with E-state index in [4.69, 9.17) is 4.74 Å². The number of halogens is 1. The van der Waals surface area contributed by atoms with Crippen LogP contribution < -0.4 is 10.1 Å². The number of sulfonamides is 1. The first kappa shape index (κ1) is 19.0. The summed E-state index contributed by atoms with van der Waals surface area (Å²) in [5.41, 5.74) is 1.05. The zero-order chi connectivity index (χ0) is 19.6. The Balaban J connectivity index is 2.08.